The molecule has 18 heavy (non-hydrogen) atoms. The molecular weight excluding hydrogens is 224 g/mol. The smallest absolute Gasteiger partial charge is 0.236 e. The summed E-state index contributed by atoms with van der Waals surface area (Å²) in [5.41, 5.74) is 1.30. The van der Waals surface area contributed by atoms with Gasteiger partial charge >= 0.3 is 0 Å². The van der Waals surface area contributed by atoms with E-state index in [9.17, 15) is 4.79 Å². The second kappa shape index (κ2) is 8.70. The zero-order valence-electron chi connectivity index (χ0n) is 11.5. The predicted octanol–water partition coefficient (Wildman–Crippen LogP) is 2.08. The zero-order chi connectivity index (χ0) is 13.2. The summed E-state index contributed by atoms with van der Waals surface area (Å²) < 4.78 is 0. The Hall–Kier alpha value is -1.35. The van der Waals surface area contributed by atoms with Gasteiger partial charge in [-0.25, -0.2) is 0 Å². The van der Waals surface area contributed by atoms with E-state index < -0.39 is 0 Å². The van der Waals surface area contributed by atoms with Crippen molar-refractivity contribution in [2.24, 2.45) is 0 Å². The Balaban J connectivity index is 2.12. The van der Waals surface area contributed by atoms with Gasteiger partial charge in [0.05, 0.1) is 6.54 Å². The first-order chi connectivity index (χ1) is 8.74. The maximum Gasteiger partial charge on any atom is 0.236 e. The van der Waals surface area contributed by atoms with Crippen molar-refractivity contribution in [3.8, 4) is 0 Å². The van der Waals surface area contributed by atoms with Gasteiger partial charge in [0.25, 0.3) is 0 Å². The minimum Gasteiger partial charge on any atom is -0.345 e. The van der Waals surface area contributed by atoms with E-state index in [0.29, 0.717) is 6.54 Å². The zero-order valence-corrected chi connectivity index (χ0v) is 11.5. The molecule has 1 aromatic rings. The average Bonchev–Trinajstić information content (AvgIpc) is 2.41. The molecule has 1 amide bonds. The highest BCUT2D eigenvalue weighted by Gasteiger charge is 2.06. The van der Waals surface area contributed by atoms with Crippen LogP contribution in [0.4, 0.5) is 0 Å². The van der Waals surface area contributed by atoms with Crippen LogP contribution in [-0.4, -0.2) is 37.5 Å². The number of carbonyl (C=O) groups is 1. The lowest BCUT2D eigenvalue weighted by atomic mass is 10.1. The molecule has 3 nitrogen and oxygen atoms in total. The quantitative estimate of drug-likeness (QED) is 0.714. The molecule has 100 valence electrons. The summed E-state index contributed by atoms with van der Waals surface area (Å²) in [5.74, 6) is 0.177. The van der Waals surface area contributed by atoms with E-state index in [1.165, 1.54) is 5.56 Å². The topological polar surface area (TPSA) is 32.3 Å². The predicted molar refractivity (Wildman–Crippen MR) is 75.6 cm³/mol. The molecule has 0 aliphatic rings. The first kappa shape index (κ1) is 14.7. The number of hydrogen-bond donors (Lipinski definition) is 1. The summed E-state index contributed by atoms with van der Waals surface area (Å²) in [7, 11) is 1.87. The van der Waals surface area contributed by atoms with Gasteiger partial charge in [0.2, 0.25) is 5.91 Å². The van der Waals surface area contributed by atoms with Gasteiger partial charge in [-0.1, -0.05) is 43.7 Å². The number of benzene rings is 1. The van der Waals surface area contributed by atoms with E-state index >= 15 is 0 Å². The number of nitrogens with zero attached hydrogens (tertiary/aromatic N) is 1. The molecule has 0 spiro atoms. The Labute approximate surface area is 110 Å². The fourth-order valence-corrected chi connectivity index (χ4v) is 1.73. The molecular formula is C15H24N2O. The molecule has 0 fully saturated rings. The van der Waals surface area contributed by atoms with Crippen molar-refractivity contribution in [2.45, 2.75) is 26.2 Å². The number of hydrogen-bond acceptors (Lipinski definition) is 2. The van der Waals surface area contributed by atoms with E-state index in [4.69, 9.17) is 0 Å². The lowest BCUT2D eigenvalue weighted by molar-refractivity contribution is -0.129. The Morgan fingerprint density at radius 2 is 2.00 bits per heavy atom. The third-order valence-corrected chi connectivity index (χ3v) is 2.98. The summed E-state index contributed by atoms with van der Waals surface area (Å²) in [6.45, 7) is 4.27. The highest BCUT2D eigenvalue weighted by atomic mass is 16.2. The molecule has 0 aliphatic carbocycles. The van der Waals surface area contributed by atoms with E-state index in [0.717, 1.165) is 32.4 Å². The fraction of sp³-hybridized carbons (Fsp3) is 0.533. The Morgan fingerprint density at radius 3 is 2.67 bits per heavy atom. The van der Waals surface area contributed by atoms with Crippen molar-refractivity contribution in [2.75, 3.05) is 26.7 Å². The van der Waals surface area contributed by atoms with E-state index in [-0.39, 0.29) is 5.91 Å². The Kier molecular flexibility index (Phi) is 7.11. The number of rotatable bonds is 8. The molecule has 3 heteroatoms. The van der Waals surface area contributed by atoms with Gasteiger partial charge in [-0.05, 0) is 24.9 Å². The molecule has 0 radical (unpaired) electrons. The maximum atomic E-state index is 11.7. The van der Waals surface area contributed by atoms with E-state index in [2.05, 4.69) is 24.4 Å². The largest absolute Gasteiger partial charge is 0.345 e. The van der Waals surface area contributed by atoms with Gasteiger partial charge in [-0.2, -0.15) is 0 Å². The van der Waals surface area contributed by atoms with Crippen LogP contribution in [0.25, 0.3) is 0 Å². The number of nitrogens with one attached hydrogen (secondary N) is 1. The van der Waals surface area contributed by atoms with Crippen LogP contribution >= 0.6 is 0 Å². The van der Waals surface area contributed by atoms with Gasteiger partial charge in [-0.15, -0.1) is 0 Å². The van der Waals surface area contributed by atoms with Crippen molar-refractivity contribution in [1.29, 1.82) is 0 Å². The van der Waals surface area contributed by atoms with Gasteiger partial charge in [0.15, 0.2) is 0 Å². The molecule has 0 atom stereocenters. The molecule has 0 saturated heterocycles. The van der Waals surface area contributed by atoms with Crippen LogP contribution in [0, 0.1) is 0 Å². The molecule has 0 aromatic heterocycles. The number of amides is 1. The van der Waals surface area contributed by atoms with Crippen LogP contribution in [0.1, 0.15) is 25.3 Å². The molecule has 0 heterocycles. The summed E-state index contributed by atoms with van der Waals surface area (Å²) >= 11 is 0. The maximum absolute atomic E-state index is 11.7. The summed E-state index contributed by atoms with van der Waals surface area (Å²) in [4.78, 5) is 13.5. The van der Waals surface area contributed by atoms with Gasteiger partial charge in [-0.3, -0.25) is 4.79 Å². The minimum atomic E-state index is 0.177. The standard InChI is InChI=1S/C15H24N2O/c1-3-4-12-17(2)15(18)13-16-11-10-14-8-6-5-7-9-14/h5-9,16H,3-4,10-13H2,1-2H3. The Morgan fingerprint density at radius 1 is 1.28 bits per heavy atom. The molecule has 0 aliphatic heterocycles. The molecule has 0 saturated carbocycles. The van der Waals surface area contributed by atoms with Crippen LogP contribution in [0.2, 0.25) is 0 Å². The van der Waals surface area contributed by atoms with Crippen molar-refractivity contribution in [3.63, 3.8) is 0 Å². The first-order valence-corrected chi connectivity index (χ1v) is 6.72. The third kappa shape index (κ3) is 5.82. The molecule has 1 N–H and O–H groups in total. The minimum absolute atomic E-state index is 0.177. The van der Waals surface area contributed by atoms with Gasteiger partial charge < -0.3 is 10.2 Å². The highest BCUT2D eigenvalue weighted by molar-refractivity contribution is 5.77. The molecule has 1 aromatic carbocycles. The normalized spacial score (nSPS) is 10.3. The second-order valence-electron chi connectivity index (χ2n) is 4.58. The lowest BCUT2D eigenvalue weighted by Crippen LogP contribution is -2.36. The van der Waals surface area contributed by atoms with Crippen molar-refractivity contribution >= 4 is 5.91 Å². The summed E-state index contributed by atoms with van der Waals surface area (Å²) in [5, 5.41) is 3.20. The second-order valence-corrected chi connectivity index (χ2v) is 4.58. The first-order valence-electron chi connectivity index (χ1n) is 6.72. The fourth-order valence-electron chi connectivity index (χ4n) is 1.73. The summed E-state index contributed by atoms with van der Waals surface area (Å²) in [6, 6.07) is 10.3. The number of unbranched alkanes of at least 4 members (excludes halogenated alkanes) is 1. The average molecular weight is 248 g/mol. The monoisotopic (exact) mass is 248 g/mol. The molecule has 0 unspecified atom stereocenters. The lowest BCUT2D eigenvalue weighted by Gasteiger charge is -2.16. The van der Waals surface area contributed by atoms with Crippen molar-refractivity contribution < 1.29 is 4.79 Å². The van der Waals surface area contributed by atoms with Crippen LogP contribution < -0.4 is 5.32 Å². The van der Waals surface area contributed by atoms with Crippen LogP contribution in [0.3, 0.4) is 0 Å². The summed E-state index contributed by atoms with van der Waals surface area (Å²) in [6.07, 6.45) is 3.16. The van der Waals surface area contributed by atoms with Crippen LogP contribution in [0.15, 0.2) is 30.3 Å². The van der Waals surface area contributed by atoms with Crippen LogP contribution in [0.5, 0.6) is 0 Å². The van der Waals surface area contributed by atoms with Gasteiger partial charge in [0, 0.05) is 13.6 Å². The van der Waals surface area contributed by atoms with Crippen LogP contribution in [-0.2, 0) is 11.2 Å². The highest BCUT2D eigenvalue weighted by Crippen LogP contribution is 1.98. The van der Waals surface area contributed by atoms with Gasteiger partial charge in [0.1, 0.15) is 0 Å². The van der Waals surface area contributed by atoms with Crippen molar-refractivity contribution in [3.05, 3.63) is 35.9 Å². The molecule has 0 bridgehead atoms. The van der Waals surface area contributed by atoms with Crippen molar-refractivity contribution in [1.82, 2.24) is 10.2 Å². The van der Waals surface area contributed by atoms with E-state index in [1.807, 2.05) is 25.2 Å². The van der Waals surface area contributed by atoms with E-state index in [1.54, 1.807) is 4.90 Å². The third-order valence-electron chi connectivity index (χ3n) is 2.98. The number of carbonyl (C=O) groups excluding carboxylic acids is 1. The Bertz CT molecular complexity index is 338. The number of likely N-dealkylation sites (N-methyl/N-ethyl adjacent to an activating group) is 1. The SMILES string of the molecule is CCCCN(C)C(=O)CNCCc1ccccc1. The molecule has 1 rings (SSSR count).